The Kier molecular flexibility index (Phi) is 6.25. The molecule has 2 saturated heterocycles. The minimum atomic E-state index is -0.254. The number of nitrogens with one attached hydrogen (secondary N) is 1. The highest BCUT2D eigenvalue weighted by atomic mass is 35.5. The average Bonchev–Trinajstić information content (AvgIpc) is 3.17. The van der Waals surface area contributed by atoms with Gasteiger partial charge < -0.3 is 15.1 Å². The number of benzene rings is 2. The number of nitrogens with zero attached hydrogens (tertiary/aromatic N) is 2. The zero-order valence-electron chi connectivity index (χ0n) is 17.1. The monoisotopic (exact) mass is 443 g/mol. The van der Waals surface area contributed by atoms with Crippen molar-refractivity contribution in [2.75, 3.05) is 30.7 Å². The standard InChI is InChI=1S/C23H26ClN3O2S/c1-2-17-7-9-18(10-8-17)25-22(29)26-13-11-23(12-14-26)27(15-16-30-23)21(28)19-5-3-4-6-20(19)24/h3-10H,2,11-16H2,1H3,(H,25,29). The quantitative estimate of drug-likeness (QED) is 0.716. The first-order chi connectivity index (χ1) is 14.5. The van der Waals surface area contributed by atoms with E-state index in [1.807, 2.05) is 58.0 Å². The van der Waals surface area contributed by atoms with E-state index in [9.17, 15) is 9.59 Å². The fourth-order valence-electron chi connectivity index (χ4n) is 4.18. The largest absolute Gasteiger partial charge is 0.324 e. The van der Waals surface area contributed by atoms with Crippen LogP contribution < -0.4 is 5.32 Å². The van der Waals surface area contributed by atoms with E-state index >= 15 is 0 Å². The van der Waals surface area contributed by atoms with Crippen molar-refractivity contribution >= 4 is 41.0 Å². The Bertz CT molecular complexity index is 926. The third-order valence-corrected chi connectivity index (χ3v) is 7.85. The summed E-state index contributed by atoms with van der Waals surface area (Å²) in [5, 5.41) is 3.48. The van der Waals surface area contributed by atoms with Gasteiger partial charge in [0.1, 0.15) is 0 Å². The molecule has 1 spiro atoms. The van der Waals surface area contributed by atoms with Crippen LogP contribution in [-0.4, -0.2) is 52.0 Å². The zero-order chi connectivity index (χ0) is 21.1. The summed E-state index contributed by atoms with van der Waals surface area (Å²) >= 11 is 8.10. The van der Waals surface area contributed by atoms with Gasteiger partial charge in [-0.1, -0.05) is 42.8 Å². The first-order valence-corrected chi connectivity index (χ1v) is 11.7. The molecule has 0 bridgehead atoms. The van der Waals surface area contributed by atoms with Gasteiger partial charge in [0.2, 0.25) is 0 Å². The van der Waals surface area contributed by atoms with Gasteiger partial charge in [-0.2, -0.15) is 0 Å². The maximum atomic E-state index is 13.2. The van der Waals surface area contributed by atoms with Gasteiger partial charge in [0.05, 0.1) is 15.5 Å². The highest BCUT2D eigenvalue weighted by Crippen LogP contribution is 2.45. The predicted octanol–water partition coefficient (Wildman–Crippen LogP) is 5.12. The number of carbonyl (C=O) groups is 2. The first kappa shape index (κ1) is 21.1. The van der Waals surface area contributed by atoms with E-state index in [2.05, 4.69) is 12.2 Å². The van der Waals surface area contributed by atoms with E-state index in [4.69, 9.17) is 11.6 Å². The molecular formula is C23H26ClN3O2S. The number of aryl methyl sites for hydroxylation is 1. The number of amides is 3. The maximum absolute atomic E-state index is 13.2. The second kappa shape index (κ2) is 8.90. The number of urea groups is 1. The molecule has 158 valence electrons. The van der Waals surface area contributed by atoms with Crippen molar-refractivity contribution in [3.8, 4) is 0 Å². The molecule has 0 aliphatic carbocycles. The normalized spacial score (nSPS) is 17.9. The number of halogens is 1. The van der Waals surface area contributed by atoms with Crippen molar-refractivity contribution in [3.05, 3.63) is 64.7 Å². The third kappa shape index (κ3) is 4.16. The number of anilines is 1. The topological polar surface area (TPSA) is 52.7 Å². The van der Waals surface area contributed by atoms with E-state index in [1.165, 1.54) is 5.56 Å². The molecule has 2 aromatic carbocycles. The lowest BCUT2D eigenvalue weighted by Gasteiger charge is -2.44. The summed E-state index contributed by atoms with van der Waals surface area (Å²) in [4.78, 5) is 29.5. The van der Waals surface area contributed by atoms with Crippen molar-refractivity contribution in [2.45, 2.75) is 31.1 Å². The Morgan fingerprint density at radius 1 is 1.07 bits per heavy atom. The van der Waals surface area contributed by atoms with Crippen LogP contribution in [-0.2, 0) is 6.42 Å². The zero-order valence-corrected chi connectivity index (χ0v) is 18.6. The molecule has 3 amide bonds. The summed E-state index contributed by atoms with van der Waals surface area (Å²) in [5.41, 5.74) is 2.61. The molecular weight excluding hydrogens is 418 g/mol. The smallest absolute Gasteiger partial charge is 0.321 e. The van der Waals surface area contributed by atoms with Crippen molar-refractivity contribution in [3.63, 3.8) is 0 Å². The molecule has 0 unspecified atom stereocenters. The van der Waals surface area contributed by atoms with Crippen LogP contribution in [0.2, 0.25) is 5.02 Å². The van der Waals surface area contributed by atoms with Gasteiger partial charge in [-0.25, -0.2) is 4.79 Å². The fraction of sp³-hybridized carbons (Fsp3) is 0.391. The van der Waals surface area contributed by atoms with Gasteiger partial charge >= 0.3 is 6.03 Å². The van der Waals surface area contributed by atoms with Gasteiger partial charge in [-0.3, -0.25) is 4.79 Å². The molecule has 2 fully saturated rings. The molecule has 2 aliphatic rings. The molecule has 2 aliphatic heterocycles. The van der Waals surface area contributed by atoms with Gasteiger partial charge in [-0.15, -0.1) is 11.8 Å². The fourth-order valence-corrected chi connectivity index (χ4v) is 5.85. The molecule has 30 heavy (non-hydrogen) atoms. The molecule has 0 saturated carbocycles. The molecule has 0 aromatic heterocycles. The lowest BCUT2D eigenvalue weighted by Crippen LogP contribution is -2.54. The first-order valence-electron chi connectivity index (χ1n) is 10.4. The number of likely N-dealkylation sites (tertiary alicyclic amines) is 1. The summed E-state index contributed by atoms with van der Waals surface area (Å²) in [6.07, 6.45) is 2.50. The highest BCUT2D eigenvalue weighted by Gasteiger charge is 2.47. The Balaban J connectivity index is 1.40. The highest BCUT2D eigenvalue weighted by molar-refractivity contribution is 8.00. The third-order valence-electron chi connectivity index (χ3n) is 5.97. The molecule has 7 heteroatoms. The number of hydrogen-bond donors (Lipinski definition) is 1. The number of rotatable bonds is 3. The van der Waals surface area contributed by atoms with Crippen molar-refractivity contribution < 1.29 is 9.59 Å². The second-order valence-corrected chi connectivity index (χ2v) is 9.56. The lowest BCUT2D eigenvalue weighted by atomic mass is 10.0. The Morgan fingerprint density at radius 3 is 2.43 bits per heavy atom. The van der Waals surface area contributed by atoms with E-state index in [1.54, 1.807) is 12.1 Å². The average molecular weight is 444 g/mol. The van der Waals surface area contributed by atoms with Crippen molar-refractivity contribution in [1.29, 1.82) is 0 Å². The summed E-state index contributed by atoms with van der Waals surface area (Å²) in [6, 6.07) is 15.1. The van der Waals surface area contributed by atoms with E-state index < -0.39 is 0 Å². The minimum absolute atomic E-state index is 0.0143. The molecule has 0 radical (unpaired) electrons. The van der Waals surface area contributed by atoms with Crippen LogP contribution in [0.1, 0.15) is 35.7 Å². The summed E-state index contributed by atoms with van der Waals surface area (Å²) in [6.45, 7) is 4.07. The van der Waals surface area contributed by atoms with Crippen molar-refractivity contribution in [1.82, 2.24) is 9.80 Å². The van der Waals surface area contributed by atoms with E-state index in [0.717, 1.165) is 30.7 Å². The van der Waals surface area contributed by atoms with Crippen LogP contribution in [0.15, 0.2) is 48.5 Å². The molecule has 2 aromatic rings. The van der Waals surface area contributed by atoms with Gasteiger partial charge in [-0.05, 0) is 49.1 Å². The number of piperidine rings is 1. The van der Waals surface area contributed by atoms with Crippen LogP contribution in [0.25, 0.3) is 0 Å². The number of hydrogen-bond acceptors (Lipinski definition) is 3. The van der Waals surface area contributed by atoms with Crippen molar-refractivity contribution in [2.24, 2.45) is 0 Å². The number of carbonyl (C=O) groups excluding carboxylic acids is 2. The van der Waals surface area contributed by atoms with Gasteiger partial charge in [0, 0.05) is 31.1 Å². The number of thioether (sulfide) groups is 1. The van der Waals surface area contributed by atoms with E-state index in [0.29, 0.717) is 30.2 Å². The predicted molar refractivity (Wildman–Crippen MR) is 123 cm³/mol. The second-order valence-electron chi connectivity index (χ2n) is 7.70. The van der Waals surface area contributed by atoms with Crippen LogP contribution >= 0.6 is 23.4 Å². The van der Waals surface area contributed by atoms with Crippen LogP contribution in [0.5, 0.6) is 0 Å². The van der Waals surface area contributed by atoms with Gasteiger partial charge in [0.25, 0.3) is 5.91 Å². The summed E-state index contributed by atoms with van der Waals surface area (Å²) in [5.74, 6) is 0.895. The summed E-state index contributed by atoms with van der Waals surface area (Å²) < 4.78 is 0. The molecule has 0 atom stereocenters. The SMILES string of the molecule is CCc1ccc(NC(=O)N2CCC3(CC2)SCCN3C(=O)c2ccccc2Cl)cc1. The Labute approximate surface area is 186 Å². The van der Waals surface area contributed by atoms with Crippen LogP contribution in [0.3, 0.4) is 0 Å². The molecule has 4 rings (SSSR count). The summed E-state index contributed by atoms with van der Waals surface area (Å²) in [7, 11) is 0. The van der Waals surface area contributed by atoms with Crippen LogP contribution in [0.4, 0.5) is 10.5 Å². The minimum Gasteiger partial charge on any atom is -0.324 e. The molecule has 5 nitrogen and oxygen atoms in total. The Morgan fingerprint density at radius 2 is 1.77 bits per heavy atom. The molecule has 2 heterocycles. The van der Waals surface area contributed by atoms with Gasteiger partial charge in [0.15, 0.2) is 0 Å². The van der Waals surface area contributed by atoms with Crippen LogP contribution in [0, 0.1) is 0 Å². The van der Waals surface area contributed by atoms with E-state index in [-0.39, 0.29) is 16.8 Å². The maximum Gasteiger partial charge on any atom is 0.321 e. The Hall–Kier alpha value is -2.18. The molecule has 1 N–H and O–H groups in total. The lowest BCUT2D eigenvalue weighted by molar-refractivity contribution is 0.0586.